The number of hydrogen-bond donors (Lipinski definition) is 1. The van der Waals surface area contributed by atoms with Gasteiger partial charge in [0.05, 0.1) is 11.6 Å². The summed E-state index contributed by atoms with van der Waals surface area (Å²) in [5.41, 5.74) is 2.15. The molecule has 0 fully saturated rings. The number of carbonyl (C=O) groups excluding carboxylic acids is 2. The van der Waals surface area contributed by atoms with Crippen molar-refractivity contribution in [3.63, 3.8) is 0 Å². The smallest absolute Gasteiger partial charge is 0.240 e. The largest absolute Gasteiger partial charge is 0.354 e. The molecule has 0 radical (unpaired) electrons. The number of amides is 2. The van der Waals surface area contributed by atoms with Crippen molar-refractivity contribution in [1.82, 2.24) is 5.32 Å². The molecule has 0 aliphatic carbocycles. The van der Waals surface area contributed by atoms with E-state index in [9.17, 15) is 9.59 Å². The number of hydrogen-bond acceptors (Lipinski definition) is 3. The van der Waals surface area contributed by atoms with Crippen LogP contribution < -0.4 is 10.2 Å². The molecule has 2 aromatic carbocycles. The second kappa shape index (κ2) is 8.86. The van der Waals surface area contributed by atoms with Gasteiger partial charge in [-0.15, -0.1) is 0 Å². The highest BCUT2D eigenvalue weighted by atomic mass is 35.5. The van der Waals surface area contributed by atoms with Gasteiger partial charge in [-0.05, 0) is 48.4 Å². The summed E-state index contributed by atoms with van der Waals surface area (Å²) < 4.78 is 0. The highest BCUT2D eigenvalue weighted by Gasteiger charge is 2.15. The molecule has 0 atom stereocenters. The zero-order chi connectivity index (χ0) is 18.2. The van der Waals surface area contributed by atoms with Crippen LogP contribution in [0.1, 0.15) is 18.1 Å². The number of halogens is 1. The predicted molar refractivity (Wildman–Crippen MR) is 97.3 cm³/mol. The summed E-state index contributed by atoms with van der Waals surface area (Å²) in [6.07, 6.45) is 0.680. The first-order valence-electron chi connectivity index (χ1n) is 7.79. The fraction of sp³-hybridized carbons (Fsp3) is 0.211. The van der Waals surface area contributed by atoms with Gasteiger partial charge in [0.15, 0.2) is 0 Å². The van der Waals surface area contributed by atoms with Gasteiger partial charge in [-0.2, -0.15) is 5.26 Å². The van der Waals surface area contributed by atoms with Gasteiger partial charge in [0.25, 0.3) is 0 Å². The van der Waals surface area contributed by atoms with Crippen LogP contribution in [0.4, 0.5) is 5.69 Å². The Labute approximate surface area is 151 Å². The van der Waals surface area contributed by atoms with Crippen LogP contribution in [0.25, 0.3) is 0 Å². The highest BCUT2D eigenvalue weighted by Crippen LogP contribution is 2.15. The number of nitriles is 1. The van der Waals surface area contributed by atoms with E-state index in [1.165, 1.54) is 11.8 Å². The van der Waals surface area contributed by atoms with Crippen LogP contribution in [0.3, 0.4) is 0 Å². The van der Waals surface area contributed by atoms with Crippen LogP contribution in [0.2, 0.25) is 5.02 Å². The van der Waals surface area contributed by atoms with Gasteiger partial charge < -0.3 is 10.2 Å². The Hall–Kier alpha value is -2.84. The summed E-state index contributed by atoms with van der Waals surface area (Å²) in [4.78, 5) is 25.3. The van der Waals surface area contributed by atoms with Crippen LogP contribution >= 0.6 is 11.6 Å². The Bertz CT molecular complexity index is 780. The standard InChI is InChI=1S/C19H18ClN3O2/c1-14(24)23(18-8-4-16(12-21)5-9-18)13-19(25)22-11-10-15-2-6-17(20)7-3-15/h2-9H,10-11,13H2,1H3,(H,22,25). The van der Waals surface area contributed by atoms with Crippen molar-refractivity contribution in [2.24, 2.45) is 0 Å². The van der Waals surface area contributed by atoms with Crippen LogP contribution in [-0.2, 0) is 16.0 Å². The van der Waals surface area contributed by atoms with Crippen molar-refractivity contribution in [3.8, 4) is 6.07 Å². The zero-order valence-electron chi connectivity index (χ0n) is 13.8. The normalized spacial score (nSPS) is 9.96. The number of anilines is 1. The van der Waals surface area contributed by atoms with E-state index in [0.717, 1.165) is 5.56 Å². The molecule has 1 N–H and O–H groups in total. The van der Waals surface area contributed by atoms with Gasteiger partial charge in [0.1, 0.15) is 6.54 Å². The molecule has 0 saturated carbocycles. The van der Waals surface area contributed by atoms with Crippen molar-refractivity contribution in [2.75, 3.05) is 18.0 Å². The second-order valence-corrected chi connectivity index (χ2v) is 5.93. The Morgan fingerprint density at radius 1 is 1.12 bits per heavy atom. The number of nitrogens with one attached hydrogen (secondary N) is 1. The van der Waals surface area contributed by atoms with Gasteiger partial charge in [0, 0.05) is 24.2 Å². The lowest BCUT2D eigenvalue weighted by atomic mass is 10.1. The first-order chi connectivity index (χ1) is 12.0. The molecule has 2 rings (SSSR count). The third-order valence-corrected chi connectivity index (χ3v) is 3.89. The summed E-state index contributed by atoms with van der Waals surface area (Å²) in [6, 6.07) is 16.0. The second-order valence-electron chi connectivity index (χ2n) is 5.49. The minimum Gasteiger partial charge on any atom is -0.354 e. The van der Waals surface area contributed by atoms with Crippen molar-refractivity contribution < 1.29 is 9.59 Å². The third kappa shape index (κ3) is 5.63. The third-order valence-electron chi connectivity index (χ3n) is 3.64. The van der Waals surface area contributed by atoms with E-state index < -0.39 is 0 Å². The quantitative estimate of drug-likeness (QED) is 0.865. The van der Waals surface area contributed by atoms with Crippen molar-refractivity contribution in [2.45, 2.75) is 13.3 Å². The van der Waals surface area contributed by atoms with Crippen molar-refractivity contribution >= 4 is 29.1 Å². The molecule has 2 aromatic rings. The molecule has 6 heteroatoms. The van der Waals surface area contributed by atoms with Crippen LogP contribution in [0, 0.1) is 11.3 Å². The molecule has 5 nitrogen and oxygen atoms in total. The van der Waals surface area contributed by atoms with Gasteiger partial charge in [-0.3, -0.25) is 9.59 Å². The maximum absolute atomic E-state index is 12.1. The first-order valence-corrected chi connectivity index (χ1v) is 8.17. The summed E-state index contributed by atoms with van der Waals surface area (Å²) in [6.45, 7) is 1.81. The van der Waals surface area contributed by atoms with E-state index in [4.69, 9.17) is 16.9 Å². The SMILES string of the molecule is CC(=O)N(CC(=O)NCCc1ccc(Cl)cc1)c1ccc(C#N)cc1. The van der Waals surface area contributed by atoms with E-state index >= 15 is 0 Å². The number of nitrogens with zero attached hydrogens (tertiary/aromatic N) is 2. The fourth-order valence-corrected chi connectivity index (χ4v) is 2.42. The molecule has 0 aromatic heterocycles. The van der Waals surface area contributed by atoms with E-state index in [1.807, 2.05) is 18.2 Å². The van der Waals surface area contributed by atoms with E-state index in [1.54, 1.807) is 36.4 Å². The summed E-state index contributed by atoms with van der Waals surface area (Å²) in [5, 5.41) is 12.3. The maximum atomic E-state index is 12.1. The molecule has 128 valence electrons. The molecule has 0 unspecified atom stereocenters. The Morgan fingerprint density at radius 2 is 1.76 bits per heavy atom. The topological polar surface area (TPSA) is 73.2 Å². The molecule has 0 heterocycles. The molecule has 0 spiro atoms. The highest BCUT2D eigenvalue weighted by molar-refractivity contribution is 6.30. The molecule has 0 saturated heterocycles. The lowest BCUT2D eigenvalue weighted by Crippen LogP contribution is -2.40. The Kier molecular flexibility index (Phi) is 6.55. The van der Waals surface area contributed by atoms with Crippen LogP contribution in [0.15, 0.2) is 48.5 Å². The van der Waals surface area contributed by atoms with E-state index in [2.05, 4.69) is 5.32 Å². The molecule has 25 heavy (non-hydrogen) atoms. The van der Waals surface area contributed by atoms with Gasteiger partial charge >= 0.3 is 0 Å². The minimum absolute atomic E-state index is 0.0676. The molecular weight excluding hydrogens is 338 g/mol. The number of carbonyl (C=O) groups is 2. The van der Waals surface area contributed by atoms with E-state index in [-0.39, 0.29) is 18.4 Å². The first kappa shape index (κ1) is 18.5. The van der Waals surface area contributed by atoms with Crippen molar-refractivity contribution in [1.29, 1.82) is 5.26 Å². The lowest BCUT2D eigenvalue weighted by molar-refractivity contribution is -0.123. The fourth-order valence-electron chi connectivity index (χ4n) is 2.30. The molecule has 0 aliphatic heterocycles. The number of benzene rings is 2. The Morgan fingerprint density at radius 3 is 2.32 bits per heavy atom. The minimum atomic E-state index is -0.242. The lowest BCUT2D eigenvalue weighted by Gasteiger charge is -2.20. The van der Waals surface area contributed by atoms with Crippen molar-refractivity contribution in [3.05, 3.63) is 64.7 Å². The maximum Gasteiger partial charge on any atom is 0.240 e. The number of rotatable bonds is 6. The summed E-state index contributed by atoms with van der Waals surface area (Å²) in [7, 11) is 0. The van der Waals surface area contributed by atoms with E-state index in [0.29, 0.717) is 29.2 Å². The molecular formula is C19H18ClN3O2. The van der Waals surface area contributed by atoms with Crippen LogP contribution in [-0.4, -0.2) is 24.9 Å². The molecule has 0 bridgehead atoms. The zero-order valence-corrected chi connectivity index (χ0v) is 14.6. The predicted octanol–water partition coefficient (Wildman–Crippen LogP) is 2.92. The van der Waals surface area contributed by atoms with Crippen LogP contribution in [0.5, 0.6) is 0 Å². The van der Waals surface area contributed by atoms with Gasteiger partial charge in [0.2, 0.25) is 11.8 Å². The van der Waals surface area contributed by atoms with Gasteiger partial charge in [-0.25, -0.2) is 0 Å². The monoisotopic (exact) mass is 355 g/mol. The average molecular weight is 356 g/mol. The average Bonchev–Trinajstić information content (AvgIpc) is 2.61. The Balaban J connectivity index is 1.90. The summed E-state index contributed by atoms with van der Waals surface area (Å²) in [5.74, 6) is -0.480. The summed E-state index contributed by atoms with van der Waals surface area (Å²) >= 11 is 5.84. The molecule has 0 aliphatic rings. The van der Waals surface area contributed by atoms with Gasteiger partial charge in [-0.1, -0.05) is 23.7 Å². The molecule has 2 amide bonds.